The third-order valence-electron chi connectivity index (χ3n) is 0.843. The zero-order valence-electron chi connectivity index (χ0n) is 6.49. The van der Waals surface area contributed by atoms with Crippen molar-refractivity contribution in [1.29, 1.82) is 0 Å². The van der Waals surface area contributed by atoms with Gasteiger partial charge < -0.3 is 6.58 Å². The minimum atomic E-state index is 0. The molecule has 0 N–H and O–H groups in total. The molecule has 0 saturated carbocycles. The Labute approximate surface area is 91.3 Å². The van der Waals surface area contributed by atoms with Crippen LogP contribution in [0.2, 0.25) is 0 Å². The first-order chi connectivity index (χ1) is 4.39. The van der Waals surface area contributed by atoms with Crippen LogP contribution < -0.4 is 0 Å². The van der Waals surface area contributed by atoms with Crippen molar-refractivity contribution >= 4 is 35.5 Å². The Kier molecular flexibility index (Phi) is 19.5. The zero-order valence-corrected chi connectivity index (χ0v) is 8.72. The van der Waals surface area contributed by atoms with E-state index in [4.69, 9.17) is 0 Å². The Bertz CT molecular complexity index is 151. The van der Waals surface area contributed by atoms with E-state index in [-0.39, 0.29) is 35.5 Å². The van der Waals surface area contributed by atoms with E-state index in [0.717, 1.165) is 5.56 Å². The third-order valence-corrected chi connectivity index (χ3v) is 0.843. The molecule has 0 amide bonds. The van der Waals surface area contributed by atoms with Gasteiger partial charge in [-0.1, -0.05) is 6.07 Å². The molecule has 11 heavy (non-hydrogen) atoms. The van der Waals surface area contributed by atoms with E-state index < -0.39 is 0 Å². The monoisotopic (exact) mass is 178 g/mol. The van der Waals surface area contributed by atoms with E-state index in [1.807, 2.05) is 30.3 Å². The summed E-state index contributed by atoms with van der Waals surface area (Å²) in [4.78, 5) is 0. The molecule has 0 saturated heterocycles. The number of hydrogen-bond donors (Lipinski definition) is 0. The van der Waals surface area contributed by atoms with Crippen LogP contribution in [0.15, 0.2) is 36.9 Å². The maximum Gasteiger partial charge on any atom is 2.00 e. The SMILES string of the molecule is Cl.[CH-]=C.[CH2-]c1ccccc1.[Mg+2]. The molecule has 0 aliphatic carbocycles. The molecule has 0 nitrogen and oxygen atoms in total. The standard InChI is InChI=1S/C7H7.C2H3.ClH.Mg/c1-7-5-3-2-4-6-7;1-2;;/h2-6H,1H2;1H,2H2;1H;/q2*-1;;+2. The van der Waals surface area contributed by atoms with E-state index >= 15 is 0 Å². The van der Waals surface area contributed by atoms with Gasteiger partial charge in [0.2, 0.25) is 0 Å². The van der Waals surface area contributed by atoms with E-state index in [1.165, 1.54) is 0 Å². The summed E-state index contributed by atoms with van der Waals surface area (Å²) >= 11 is 0. The van der Waals surface area contributed by atoms with Crippen molar-refractivity contribution in [1.82, 2.24) is 0 Å². The van der Waals surface area contributed by atoms with Crippen LogP contribution in [-0.2, 0) is 0 Å². The van der Waals surface area contributed by atoms with Gasteiger partial charge >= 0.3 is 23.1 Å². The fraction of sp³-hybridized carbons (Fsp3) is 0. The fourth-order valence-corrected chi connectivity index (χ4v) is 0.478. The quantitative estimate of drug-likeness (QED) is 0.424. The van der Waals surface area contributed by atoms with E-state index in [2.05, 4.69) is 20.1 Å². The molecule has 0 aromatic heterocycles. The number of rotatable bonds is 0. The largest absolute Gasteiger partial charge is 2.00 e. The zero-order chi connectivity index (χ0) is 7.11. The Hall–Kier alpha value is -0.114. The van der Waals surface area contributed by atoms with E-state index in [0.29, 0.717) is 0 Å². The van der Waals surface area contributed by atoms with Crippen LogP contribution in [0.1, 0.15) is 5.56 Å². The maximum atomic E-state index is 4.25. The average molecular weight is 179 g/mol. The second kappa shape index (κ2) is 12.6. The average Bonchev–Trinajstić information content (AvgIpc) is 1.94. The second-order valence-corrected chi connectivity index (χ2v) is 1.49. The predicted octanol–water partition coefficient (Wildman–Crippen LogP) is 2.52. The van der Waals surface area contributed by atoms with Crippen molar-refractivity contribution in [2.24, 2.45) is 0 Å². The summed E-state index contributed by atoms with van der Waals surface area (Å²) in [7, 11) is 0. The number of halogens is 1. The van der Waals surface area contributed by atoms with Crippen molar-refractivity contribution in [2.45, 2.75) is 0 Å². The summed E-state index contributed by atoms with van der Waals surface area (Å²) in [6.45, 7) is 10.7. The smallest absolute Gasteiger partial charge is 0.521 e. The summed E-state index contributed by atoms with van der Waals surface area (Å²) in [5.41, 5.74) is 1.07. The normalized spacial score (nSPS) is 5.82. The molecule has 1 aromatic carbocycles. The number of benzene rings is 1. The van der Waals surface area contributed by atoms with Crippen LogP contribution in [0, 0.1) is 13.5 Å². The van der Waals surface area contributed by atoms with Gasteiger partial charge in [0.1, 0.15) is 0 Å². The molecule has 0 heterocycles. The minimum Gasteiger partial charge on any atom is -0.521 e. The first-order valence-electron chi connectivity index (χ1n) is 2.67. The van der Waals surface area contributed by atoms with Crippen molar-refractivity contribution in [3.8, 4) is 0 Å². The molecule has 2 heteroatoms. The molecule has 0 fully saturated rings. The molecular formula is C9H11ClMg. The molecule has 56 valence electrons. The van der Waals surface area contributed by atoms with Crippen LogP contribution in [0.4, 0.5) is 0 Å². The Morgan fingerprint density at radius 2 is 1.45 bits per heavy atom. The van der Waals surface area contributed by atoms with Gasteiger partial charge in [-0.25, -0.2) is 0 Å². The molecule has 0 spiro atoms. The summed E-state index contributed by atoms with van der Waals surface area (Å²) in [5.74, 6) is 0. The summed E-state index contributed by atoms with van der Waals surface area (Å²) in [5, 5.41) is 0. The second-order valence-electron chi connectivity index (χ2n) is 1.49. The van der Waals surface area contributed by atoms with Crippen LogP contribution in [-0.4, -0.2) is 23.1 Å². The minimum absolute atomic E-state index is 0. The van der Waals surface area contributed by atoms with Crippen LogP contribution in [0.3, 0.4) is 0 Å². The van der Waals surface area contributed by atoms with Crippen LogP contribution >= 0.6 is 12.4 Å². The Morgan fingerprint density at radius 1 is 1.09 bits per heavy atom. The van der Waals surface area contributed by atoms with Gasteiger partial charge in [-0.2, -0.15) is 24.6 Å². The molecule has 0 unspecified atom stereocenters. The Morgan fingerprint density at radius 3 is 1.64 bits per heavy atom. The first kappa shape index (κ1) is 17.1. The van der Waals surface area contributed by atoms with Gasteiger partial charge in [-0.3, -0.25) is 6.58 Å². The molecule has 0 aliphatic rings. The first-order valence-corrected chi connectivity index (χ1v) is 2.67. The topological polar surface area (TPSA) is 0 Å². The number of hydrogen-bond acceptors (Lipinski definition) is 0. The van der Waals surface area contributed by atoms with Crippen LogP contribution in [0.25, 0.3) is 0 Å². The molecule has 1 rings (SSSR count). The van der Waals surface area contributed by atoms with Gasteiger partial charge in [0, 0.05) is 0 Å². The van der Waals surface area contributed by atoms with Crippen molar-refractivity contribution in [3.05, 3.63) is 56.0 Å². The molecular weight excluding hydrogens is 168 g/mol. The van der Waals surface area contributed by atoms with E-state index in [1.54, 1.807) is 0 Å². The third kappa shape index (κ3) is 9.89. The van der Waals surface area contributed by atoms with Gasteiger partial charge in [-0.05, 0) is 0 Å². The maximum absolute atomic E-state index is 4.25. The molecule has 0 radical (unpaired) electrons. The van der Waals surface area contributed by atoms with Crippen molar-refractivity contribution in [3.63, 3.8) is 0 Å². The van der Waals surface area contributed by atoms with Gasteiger partial charge in [0.25, 0.3) is 0 Å². The molecule has 1 aromatic rings. The van der Waals surface area contributed by atoms with Crippen LogP contribution in [0.5, 0.6) is 0 Å². The summed E-state index contributed by atoms with van der Waals surface area (Å²) in [6.07, 6.45) is 0. The predicted molar refractivity (Wildman–Crippen MR) is 53.8 cm³/mol. The Balaban J connectivity index is -0.000000149. The summed E-state index contributed by atoms with van der Waals surface area (Å²) < 4.78 is 0. The van der Waals surface area contributed by atoms with Crippen molar-refractivity contribution in [2.75, 3.05) is 0 Å². The van der Waals surface area contributed by atoms with Gasteiger partial charge in [-0.15, -0.1) is 24.5 Å². The summed E-state index contributed by atoms with van der Waals surface area (Å²) in [6, 6.07) is 9.87. The van der Waals surface area contributed by atoms with Gasteiger partial charge in [0.15, 0.2) is 0 Å². The fourth-order valence-electron chi connectivity index (χ4n) is 0.478. The van der Waals surface area contributed by atoms with E-state index in [9.17, 15) is 0 Å². The van der Waals surface area contributed by atoms with Gasteiger partial charge in [0.05, 0.1) is 0 Å². The van der Waals surface area contributed by atoms with Crippen molar-refractivity contribution < 1.29 is 0 Å². The molecule has 0 aliphatic heterocycles. The molecule has 0 bridgehead atoms. The molecule has 0 atom stereocenters.